The first-order chi connectivity index (χ1) is 5.81. The first kappa shape index (κ1) is 12.8. The Balaban J connectivity index is 3.58. The van der Waals surface area contributed by atoms with Crippen LogP contribution in [-0.2, 0) is 10.1 Å². The molecule has 0 aromatic carbocycles. The van der Waals surface area contributed by atoms with E-state index in [0.717, 1.165) is 6.42 Å². The summed E-state index contributed by atoms with van der Waals surface area (Å²) in [5.41, 5.74) is 0. The summed E-state index contributed by atoms with van der Waals surface area (Å²) in [4.78, 5) is 0. The van der Waals surface area contributed by atoms with Gasteiger partial charge in [-0.2, -0.15) is 8.42 Å². The topological polar surface area (TPSA) is 86.6 Å². The van der Waals surface area contributed by atoms with E-state index < -0.39 is 22.1 Å². The van der Waals surface area contributed by atoms with Gasteiger partial charge in [0.15, 0.2) is 0 Å². The molecule has 0 aromatic rings. The second-order valence-corrected chi connectivity index (χ2v) is 4.90. The quantitative estimate of drug-likeness (QED) is 0.419. The lowest BCUT2D eigenvalue weighted by Crippen LogP contribution is -2.36. The van der Waals surface area contributed by atoms with E-state index in [9.17, 15) is 8.42 Å². The largest absolute Gasteiger partial charge is 0.377 e. The lowest BCUT2D eigenvalue weighted by molar-refractivity contribution is 0.155. The van der Waals surface area contributed by atoms with Crippen LogP contribution in [0.3, 0.4) is 0 Å². The standard InChI is InChI=1S/C7H17NO4S/c1-6(2)3-4-8-7(9)5-13(10,11)12/h6-9H,3-5H2,1-2H3,(H,10,11,12). The van der Waals surface area contributed by atoms with Gasteiger partial charge in [-0.3, -0.25) is 9.87 Å². The fraction of sp³-hybridized carbons (Fsp3) is 1.00. The van der Waals surface area contributed by atoms with Gasteiger partial charge < -0.3 is 5.11 Å². The predicted molar refractivity (Wildman–Crippen MR) is 49.9 cm³/mol. The number of hydrogen-bond donors (Lipinski definition) is 3. The molecule has 0 bridgehead atoms. The van der Waals surface area contributed by atoms with Crippen LogP contribution >= 0.6 is 0 Å². The third-order valence-corrected chi connectivity index (χ3v) is 2.21. The molecule has 0 spiro atoms. The molecule has 0 amide bonds. The summed E-state index contributed by atoms with van der Waals surface area (Å²) in [6.07, 6.45) is -0.337. The van der Waals surface area contributed by atoms with Gasteiger partial charge in [0.25, 0.3) is 10.1 Å². The van der Waals surface area contributed by atoms with E-state index in [4.69, 9.17) is 9.66 Å². The van der Waals surface area contributed by atoms with Crippen molar-refractivity contribution in [3.63, 3.8) is 0 Å². The first-order valence-electron chi connectivity index (χ1n) is 4.18. The summed E-state index contributed by atoms with van der Waals surface area (Å²) in [5, 5.41) is 11.6. The fourth-order valence-corrected chi connectivity index (χ4v) is 1.31. The first-order valence-corrected chi connectivity index (χ1v) is 5.79. The van der Waals surface area contributed by atoms with Crippen molar-refractivity contribution in [1.82, 2.24) is 5.32 Å². The third-order valence-electron chi connectivity index (χ3n) is 1.47. The van der Waals surface area contributed by atoms with Gasteiger partial charge in [0, 0.05) is 0 Å². The number of aliphatic hydroxyl groups is 1. The molecular formula is C7H17NO4S. The molecule has 0 saturated carbocycles. The van der Waals surface area contributed by atoms with Crippen molar-refractivity contribution in [2.45, 2.75) is 26.5 Å². The van der Waals surface area contributed by atoms with Crippen molar-refractivity contribution in [2.75, 3.05) is 12.3 Å². The second kappa shape index (κ2) is 5.54. The van der Waals surface area contributed by atoms with Crippen LogP contribution < -0.4 is 5.32 Å². The Labute approximate surface area is 78.9 Å². The molecule has 13 heavy (non-hydrogen) atoms. The molecule has 1 unspecified atom stereocenters. The highest BCUT2D eigenvalue weighted by Crippen LogP contribution is 1.97. The van der Waals surface area contributed by atoms with E-state index in [0.29, 0.717) is 12.5 Å². The summed E-state index contributed by atoms with van der Waals surface area (Å²) >= 11 is 0. The highest BCUT2D eigenvalue weighted by molar-refractivity contribution is 7.85. The molecule has 1 atom stereocenters. The van der Waals surface area contributed by atoms with Gasteiger partial charge in [-0.25, -0.2) is 0 Å². The number of hydrogen-bond acceptors (Lipinski definition) is 4. The second-order valence-electron chi connectivity index (χ2n) is 3.40. The van der Waals surface area contributed by atoms with Crippen molar-refractivity contribution >= 4 is 10.1 Å². The highest BCUT2D eigenvalue weighted by Gasteiger charge is 2.12. The Morgan fingerprint density at radius 3 is 2.31 bits per heavy atom. The van der Waals surface area contributed by atoms with E-state index in [2.05, 4.69) is 5.32 Å². The lowest BCUT2D eigenvalue weighted by Gasteiger charge is -2.11. The summed E-state index contributed by atoms with van der Waals surface area (Å²) in [6.45, 7) is 4.59. The summed E-state index contributed by atoms with van der Waals surface area (Å²) in [7, 11) is -4.09. The van der Waals surface area contributed by atoms with E-state index in [1.165, 1.54) is 0 Å². The molecule has 6 heteroatoms. The normalized spacial score (nSPS) is 14.8. The van der Waals surface area contributed by atoms with Gasteiger partial charge in [-0.1, -0.05) is 13.8 Å². The average Bonchev–Trinajstić information content (AvgIpc) is 1.81. The van der Waals surface area contributed by atoms with E-state index in [1.54, 1.807) is 0 Å². The van der Waals surface area contributed by atoms with Crippen LogP contribution in [0.1, 0.15) is 20.3 Å². The monoisotopic (exact) mass is 211 g/mol. The van der Waals surface area contributed by atoms with Crippen molar-refractivity contribution in [3.8, 4) is 0 Å². The Bertz CT molecular complexity index is 225. The van der Waals surface area contributed by atoms with E-state index in [1.807, 2.05) is 13.8 Å². The maximum atomic E-state index is 10.3. The van der Waals surface area contributed by atoms with Gasteiger partial charge >= 0.3 is 0 Å². The zero-order valence-corrected chi connectivity index (χ0v) is 8.71. The van der Waals surface area contributed by atoms with E-state index in [-0.39, 0.29) is 0 Å². The molecule has 0 aliphatic carbocycles. The van der Waals surface area contributed by atoms with Crippen LogP contribution in [-0.4, -0.2) is 36.6 Å². The molecule has 5 nitrogen and oxygen atoms in total. The molecule has 3 N–H and O–H groups in total. The molecule has 0 aliphatic rings. The van der Waals surface area contributed by atoms with Crippen molar-refractivity contribution < 1.29 is 18.1 Å². The molecule has 0 heterocycles. The van der Waals surface area contributed by atoms with Crippen LogP contribution in [0.5, 0.6) is 0 Å². The van der Waals surface area contributed by atoms with E-state index >= 15 is 0 Å². The third kappa shape index (κ3) is 9.75. The molecule has 0 radical (unpaired) electrons. The van der Waals surface area contributed by atoms with Gasteiger partial charge in [-0.05, 0) is 18.9 Å². The Hall–Kier alpha value is -0.170. The molecular weight excluding hydrogens is 194 g/mol. The Kier molecular flexibility index (Phi) is 5.46. The SMILES string of the molecule is CC(C)CCNC(O)CS(=O)(=O)O. The maximum Gasteiger partial charge on any atom is 0.268 e. The van der Waals surface area contributed by atoms with Crippen LogP contribution in [0.4, 0.5) is 0 Å². The molecule has 0 saturated heterocycles. The minimum Gasteiger partial charge on any atom is -0.377 e. The number of aliphatic hydroxyl groups excluding tert-OH is 1. The fourth-order valence-electron chi connectivity index (χ4n) is 0.797. The summed E-state index contributed by atoms with van der Waals surface area (Å²) < 4.78 is 29.0. The Morgan fingerprint density at radius 2 is 1.92 bits per heavy atom. The Morgan fingerprint density at radius 1 is 1.38 bits per heavy atom. The molecule has 0 rings (SSSR count). The molecule has 0 aliphatic heterocycles. The van der Waals surface area contributed by atoms with Gasteiger partial charge in [0.2, 0.25) is 0 Å². The van der Waals surface area contributed by atoms with Gasteiger partial charge in [0.1, 0.15) is 12.0 Å². The zero-order chi connectivity index (χ0) is 10.5. The summed E-state index contributed by atoms with van der Waals surface area (Å²) in [6, 6.07) is 0. The maximum absolute atomic E-state index is 10.3. The minimum atomic E-state index is -4.09. The predicted octanol–water partition coefficient (Wildman–Crippen LogP) is -0.172. The smallest absolute Gasteiger partial charge is 0.268 e. The summed E-state index contributed by atoms with van der Waals surface area (Å²) in [5.74, 6) is -0.170. The number of rotatable bonds is 6. The van der Waals surface area contributed by atoms with Crippen LogP contribution in [0.2, 0.25) is 0 Å². The van der Waals surface area contributed by atoms with Crippen LogP contribution in [0.25, 0.3) is 0 Å². The molecule has 0 fully saturated rings. The highest BCUT2D eigenvalue weighted by atomic mass is 32.2. The lowest BCUT2D eigenvalue weighted by atomic mass is 10.1. The van der Waals surface area contributed by atoms with Crippen LogP contribution in [0, 0.1) is 5.92 Å². The molecule has 0 aromatic heterocycles. The average molecular weight is 211 g/mol. The van der Waals surface area contributed by atoms with Crippen molar-refractivity contribution in [2.24, 2.45) is 5.92 Å². The molecule has 80 valence electrons. The van der Waals surface area contributed by atoms with Gasteiger partial charge in [-0.15, -0.1) is 0 Å². The van der Waals surface area contributed by atoms with Crippen molar-refractivity contribution in [3.05, 3.63) is 0 Å². The van der Waals surface area contributed by atoms with Gasteiger partial charge in [0.05, 0.1) is 0 Å². The van der Waals surface area contributed by atoms with Crippen molar-refractivity contribution in [1.29, 1.82) is 0 Å². The minimum absolute atomic E-state index is 0.491. The number of nitrogens with one attached hydrogen (secondary N) is 1. The van der Waals surface area contributed by atoms with Crippen LogP contribution in [0.15, 0.2) is 0 Å². The zero-order valence-electron chi connectivity index (χ0n) is 7.90.